The summed E-state index contributed by atoms with van der Waals surface area (Å²) in [6.07, 6.45) is 9.16. The third-order valence-electron chi connectivity index (χ3n) is 5.34. The number of benzene rings is 2. The van der Waals surface area contributed by atoms with Crippen molar-refractivity contribution in [3.63, 3.8) is 0 Å². The van der Waals surface area contributed by atoms with Crippen LogP contribution in [0, 0.1) is 12.7 Å². The first-order valence-corrected chi connectivity index (χ1v) is 10.5. The monoisotopic (exact) mass is 368 g/mol. The Morgan fingerprint density at radius 2 is 1.37 bits per heavy atom. The van der Waals surface area contributed by atoms with E-state index in [0.29, 0.717) is 17.5 Å². The Hall–Kier alpha value is -1.96. The normalized spacial score (nSPS) is 11.0. The third kappa shape index (κ3) is 6.30. The van der Waals surface area contributed by atoms with Crippen molar-refractivity contribution < 1.29 is 9.18 Å². The van der Waals surface area contributed by atoms with Gasteiger partial charge in [-0.2, -0.15) is 0 Å². The molecule has 0 radical (unpaired) electrons. The summed E-state index contributed by atoms with van der Waals surface area (Å²) in [6, 6.07) is 12.5. The number of rotatable bonds is 11. The van der Waals surface area contributed by atoms with Crippen LogP contribution in [0.3, 0.4) is 0 Å². The van der Waals surface area contributed by atoms with Crippen LogP contribution in [0.1, 0.15) is 85.0 Å². The Morgan fingerprint density at radius 1 is 0.815 bits per heavy atom. The number of carbonyl (C=O) groups is 1. The highest BCUT2D eigenvalue weighted by Crippen LogP contribution is 2.20. The molecule has 1 nitrogen and oxygen atoms in total. The second kappa shape index (κ2) is 11.0. The maximum atomic E-state index is 14.5. The Morgan fingerprint density at radius 3 is 1.93 bits per heavy atom. The number of carbonyl (C=O) groups excluding carboxylic acids is 1. The van der Waals surface area contributed by atoms with Gasteiger partial charge in [0.15, 0.2) is 5.78 Å². The van der Waals surface area contributed by atoms with Crippen molar-refractivity contribution in [1.82, 2.24) is 0 Å². The topological polar surface area (TPSA) is 17.1 Å². The average Bonchev–Trinajstić information content (AvgIpc) is 2.69. The van der Waals surface area contributed by atoms with E-state index < -0.39 is 0 Å². The van der Waals surface area contributed by atoms with E-state index in [9.17, 15) is 9.18 Å². The van der Waals surface area contributed by atoms with Crippen LogP contribution in [0.5, 0.6) is 0 Å². The molecule has 146 valence electrons. The van der Waals surface area contributed by atoms with Gasteiger partial charge in [0.05, 0.1) is 0 Å². The van der Waals surface area contributed by atoms with Crippen LogP contribution in [0.25, 0.3) is 0 Å². The molecule has 0 heterocycles. The molecule has 27 heavy (non-hydrogen) atoms. The first-order valence-electron chi connectivity index (χ1n) is 10.5. The van der Waals surface area contributed by atoms with Gasteiger partial charge in [0, 0.05) is 12.0 Å². The summed E-state index contributed by atoms with van der Waals surface area (Å²) >= 11 is 0. The van der Waals surface area contributed by atoms with Crippen LogP contribution >= 0.6 is 0 Å². The smallest absolute Gasteiger partial charge is 0.162 e. The number of hydrogen-bond acceptors (Lipinski definition) is 1. The molecule has 2 aromatic carbocycles. The van der Waals surface area contributed by atoms with Gasteiger partial charge < -0.3 is 0 Å². The average molecular weight is 369 g/mol. The zero-order valence-corrected chi connectivity index (χ0v) is 17.1. The lowest BCUT2D eigenvalue weighted by molar-refractivity contribution is 0.0987. The summed E-state index contributed by atoms with van der Waals surface area (Å²) in [7, 11) is 0. The molecule has 2 heteroatoms. The molecule has 0 aliphatic rings. The van der Waals surface area contributed by atoms with Crippen LogP contribution in [-0.2, 0) is 19.3 Å². The molecule has 0 saturated carbocycles. The first kappa shape index (κ1) is 21.3. The van der Waals surface area contributed by atoms with E-state index in [0.717, 1.165) is 31.2 Å². The van der Waals surface area contributed by atoms with E-state index in [4.69, 9.17) is 0 Å². The Balaban J connectivity index is 1.81. The molecule has 2 aromatic rings. The largest absolute Gasteiger partial charge is 0.294 e. The number of unbranched alkanes of at least 4 members (excludes halogenated alkanes) is 3. The number of halogens is 1. The van der Waals surface area contributed by atoms with Crippen LogP contribution < -0.4 is 0 Å². The van der Waals surface area contributed by atoms with E-state index in [1.165, 1.54) is 36.8 Å². The molecule has 0 N–H and O–H groups in total. The lowest BCUT2D eigenvalue weighted by Crippen LogP contribution is -2.04. The van der Waals surface area contributed by atoms with Crippen molar-refractivity contribution in [2.24, 2.45) is 0 Å². The van der Waals surface area contributed by atoms with Gasteiger partial charge in [0.1, 0.15) is 5.82 Å². The molecule has 2 rings (SSSR count). The van der Waals surface area contributed by atoms with E-state index in [1.54, 1.807) is 19.1 Å². The van der Waals surface area contributed by atoms with Crippen LogP contribution in [0.4, 0.5) is 4.39 Å². The van der Waals surface area contributed by atoms with Gasteiger partial charge in [-0.3, -0.25) is 4.79 Å². The molecule has 0 fully saturated rings. The summed E-state index contributed by atoms with van der Waals surface area (Å²) in [5.41, 5.74) is 4.53. The summed E-state index contributed by atoms with van der Waals surface area (Å²) in [5.74, 6) is -0.193. The van der Waals surface area contributed by atoms with Crippen LogP contribution in [0.2, 0.25) is 0 Å². The maximum Gasteiger partial charge on any atom is 0.162 e. The van der Waals surface area contributed by atoms with Gasteiger partial charge >= 0.3 is 0 Å². The molecule has 0 unspecified atom stereocenters. The Kier molecular flexibility index (Phi) is 8.71. The summed E-state index contributed by atoms with van der Waals surface area (Å²) < 4.78 is 14.5. The SMILES string of the molecule is CCCCCc1ccc(CCCCc2ccc(C(=O)CC)c(C)c2F)cc1. The summed E-state index contributed by atoms with van der Waals surface area (Å²) in [6.45, 7) is 5.75. The Bertz CT molecular complexity index is 731. The van der Waals surface area contributed by atoms with Gasteiger partial charge in [-0.05, 0) is 67.7 Å². The minimum atomic E-state index is -0.203. The van der Waals surface area contributed by atoms with Crippen LogP contribution in [-0.4, -0.2) is 5.78 Å². The van der Waals surface area contributed by atoms with E-state index >= 15 is 0 Å². The fourth-order valence-corrected chi connectivity index (χ4v) is 3.52. The van der Waals surface area contributed by atoms with Crippen molar-refractivity contribution in [2.45, 2.75) is 78.6 Å². The number of aryl methyl sites for hydroxylation is 3. The molecule has 0 atom stereocenters. The van der Waals surface area contributed by atoms with E-state index in [-0.39, 0.29) is 11.6 Å². The number of hydrogen-bond donors (Lipinski definition) is 0. The predicted molar refractivity (Wildman–Crippen MR) is 112 cm³/mol. The fourth-order valence-electron chi connectivity index (χ4n) is 3.52. The van der Waals surface area contributed by atoms with Crippen LogP contribution in [0.15, 0.2) is 36.4 Å². The second-order valence-corrected chi connectivity index (χ2v) is 7.47. The van der Waals surface area contributed by atoms with Crippen molar-refractivity contribution in [3.8, 4) is 0 Å². The highest BCUT2D eigenvalue weighted by Gasteiger charge is 2.13. The zero-order chi connectivity index (χ0) is 19.6. The highest BCUT2D eigenvalue weighted by molar-refractivity contribution is 5.97. The van der Waals surface area contributed by atoms with Gasteiger partial charge in [0.25, 0.3) is 0 Å². The van der Waals surface area contributed by atoms with Gasteiger partial charge in [0.2, 0.25) is 0 Å². The number of Topliss-reactive ketones (excluding diaryl/α,β-unsaturated/α-hetero) is 1. The molecule has 0 bridgehead atoms. The minimum absolute atomic E-state index is 0.0103. The molecule has 0 aliphatic heterocycles. The van der Waals surface area contributed by atoms with Crippen molar-refractivity contribution >= 4 is 5.78 Å². The lowest BCUT2D eigenvalue weighted by atomic mass is 9.96. The van der Waals surface area contributed by atoms with Gasteiger partial charge in [-0.1, -0.05) is 63.1 Å². The molecule has 0 spiro atoms. The molecule has 0 aliphatic carbocycles. The van der Waals surface area contributed by atoms with Crippen molar-refractivity contribution in [1.29, 1.82) is 0 Å². The molecule has 0 saturated heterocycles. The summed E-state index contributed by atoms with van der Waals surface area (Å²) in [4.78, 5) is 11.8. The highest BCUT2D eigenvalue weighted by atomic mass is 19.1. The first-order chi connectivity index (χ1) is 13.1. The third-order valence-corrected chi connectivity index (χ3v) is 5.34. The molecular formula is C25H33FO. The maximum absolute atomic E-state index is 14.5. The minimum Gasteiger partial charge on any atom is -0.294 e. The molecule has 0 amide bonds. The van der Waals surface area contributed by atoms with E-state index in [2.05, 4.69) is 31.2 Å². The number of ketones is 1. The Labute approximate surface area is 164 Å². The van der Waals surface area contributed by atoms with Crippen molar-refractivity contribution in [2.75, 3.05) is 0 Å². The fraction of sp³-hybridized carbons (Fsp3) is 0.480. The standard InChI is InChI=1S/C25H33FO/c1-4-6-7-10-20-13-15-21(16-14-20)11-8-9-12-22-17-18-23(24(27)5-2)19(3)25(22)26/h13-18H,4-12H2,1-3H3. The summed E-state index contributed by atoms with van der Waals surface area (Å²) in [5, 5.41) is 0. The second-order valence-electron chi connectivity index (χ2n) is 7.47. The zero-order valence-electron chi connectivity index (χ0n) is 17.1. The quantitative estimate of drug-likeness (QED) is 0.307. The van der Waals surface area contributed by atoms with Gasteiger partial charge in [-0.25, -0.2) is 4.39 Å². The lowest BCUT2D eigenvalue weighted by Gasteiger charge is -2.10. The van der Waals surface area contributed by atoms with Gasteiger partial charge in [-0.15, -0.1) is 0 Å². The van der Waals surface area contributed by atoms with E-state index in [1.807, 2.05) is 6.92 Å². The predicted octanol–water partition coefficient (Wildman–Crippen LogP) is 7.02. The van der Waals surface area contributed by atoms with Crippen molar-refractivity contribution in [3.05, 3.63) is 70.0 Å². The molecule has 0 aromatic heterocycles. The molecular weight excluding hydrogens is 335 g/mol.